The fraction of sp³-hybridized carbons (Fsp3) is 0.533. The first kappa shape index (κ1) is 19.7. The van der Waals surface area contributed by atoms with Gasteiger partial charge in [-0.1, -0.05) is 24.9 Å². The molecule has 0 saturated carbocycles. The lowest BCUT2D eigenvalue weighted by atomic mass is 10.2. The summed E-state index contributed by atoms with van der Waals surface area (Å²) in [5.41, 5.74) is 1.25. The van der Waals surface area contributed by atoms with Gasteiger partial charge in [0.2, 0.25) is 15.9 Å². The van der Waals surface area contributed by atoms with Crippen LogP contribution < -0.4 is 10.1 Å². The quantitative estimate of drug-likeness (QED) is 0.771. The predicted molar refractivity (Wildman–Crippen MR) is 92.7 cm³/mol. The highest BCUT2D eigenvalue weighted by atomic mass is 35.5. The lowest BCUT2D eigenvalue weighted by molar-refractivity contribution is -0.116. The Morgan fingerprint density at radius 1 is 1.39 bits per heavy atom. The van der Waals surface area contributed by atoms with Gasteiger partial charge in [-0.2, -0.15) is 4.31 Å². The summed E-state index contributed by atoms with van der Waals surface area (Å²) in [6.07, 6.45) is 2.64. The van der Waals surface area contributed by atoms with E-state index >= 15 is 0 Å². The Hall–Kier alpha value is -1.31. The number of hydrogen-bond acceptors (Lipinski definition) is 4. The van der Waals surface area contributed by atoms with Crippen LogP contribution in [0.4, 0.5) is 5.69 Å². The maximum absolute atomic E-state index is 12.2. The second kappa shape index (κ2) is 8.52. The molecule has 1 aromatic carbocycles. The van der Waals surface area contributed by atoms with Crippen molar-refractivity contribution in [2.75, 3.05) is 31.8 Å². The molecule has 1 aromatic rings. The van der Waals surface area contributed by atoms with Crippen molar-refractivity contribution in [2.45, 2.75) is 26.7 Å². The Labute approximate surface area is 142 Å². The van der Waals surface area contributed by atoms with E-state index in [2.05, 4.69) is 5.32 Å². The SMILES string of the molecule is CCCCN(CC(=O)Nc1cc(C)c(Cl)cc1OC)S(C)(=O)=O. The first-order valence-corrected chi connectivity index (χ1v) is 9.50. The number of carbonyl (C=O) groups is 1. The standard InChI is InChI=1S/C15H23ClN2O4S/c1-5-6-7-18(23(4,20)21)10-15(19)17-13-8-11(2)12(16)9-14(13)22-3/h8-9H,5-7,10H2,1-4H3,(H,17,19). The number of nitrogens with one attached hydrogen (secondary N) is 1. The predicted octanol–water partition coefficient (Wildman–Crippen LogP) is 2.66. The molecule has 1 N–H and O–H groups in total. The van der Waals surface area contributed by atoms with Gasteiger partial charge in [-0.05, 0) is 25.0 Å². The van der Waals surface area contributed by atoms with E-state index in [9.17, 15) is 13.2 Å². The minimum absolute atomic E-state index is 0.232. The van der Waals surface area contributed by atoms with E-state index in [4.69, 9.17) is 16.3 Å². The van der Waals surface area contributed by atoms with E-state index in [1.165, 1.54) is 11.4 Å². The highest BCUT2D eigenvalue weighted by Gasteiger charge is 2.20. The van der Waals surface area contributed by atoms with Crippen molar-refractivity contribution < 1.29 is 17.9 Å². The molecular formula is C15H23ClN2O4S. The molecule has 0 saturated heterocycles. The number of amides is 1. The molecule has 0 atom stereocenters. The summed E-state index contributed by atoms with van der Waals surface area (Å²) in [7, 11) is -1.96. The van der Waals surface area contributed by atoms with Crippen molar-refractivity contribution in [3.63, 3.8) is 0 Å². The zero-order valence-electron chi connectivity index (χ0n) is 13.8. The number of hydrogen-bond donors (Lipinski definition) is 1. The average Bonchev–Trinajstić information content (AvgIpc) is 2.45. The van der Waals surface area contributed by atoms with Crippen LogP contribution in [0.2, 0.25) is 5.02 Å². The van der Waals surface area contributed by atoms with Crippen LogP contribution in [0.3, 0.4) is 0 Å². The third-order valence-corrected chi connectivity index (χ3v) is 4.96. The summed E-state index contributed by atoms with van der Waals surface area (Å²) >= 11 is 6.02. The maximum atomic E-state index is 12.2. The fourth-order valence-corrected chi connectivity index (χ4v) is 2.94. The maximum Gasteiger partial charge on any atom is 0.239 e. The van der Waals surface area contributed by atoms with Crippen LogP contribution in [0.5, 0.6) is 5.75 Å². The molecular weight excluding hydrogens is 340 g/mol. The molecule has 0 unspecified atom stereocenters. The zero-order chi connectivity index (χ0) is 17.6. The van der Waals surface area contributed by atoms with E-state index in [0.717, 1.165) is 18.2 Å². The van der Waals surface area contributed by atoms with Crippen molar-refractivity contribution in [2.24, 2.45) is 0 Å². The number of halogens is 1. The highest BCUT2D eigenvalue weighted by Crippen LogP contribution is 2.30. The lowest BCUT2D eigenvalue weighted by Gasteiger charge is -2.19. The third kappa shape index (κ3) is 6.01. The normalized spacial score (nSPS) is 11.6. The first-order chi connectivity index (χ1) is 10.7. The number of aryl methyl sites for hydroxylation is 1. The molecule has 6 nitrogen and oxygen atoms in total. The number of anilines is 1. The number of unbranched alkanes of at least 4 members (excludes halogenated alkanes) is 1. The van der Waals surface area contributed by atoms with Crippen molar-refractivity contribution in [1.29, 1.82) is 0 Å². The van der Waals surface area contributed by atoms with E-state index in [1.54, 1.807) is 12.1 Å². The summed E-state index contributed by atoms with van der Waals surface area (Å²) in [5.74, 6) is -0.0000330. The van der Waals surface area contributed by atoms with Crippen LogP contribution in [0.1, 0.15) is 25.3 Å². The molecule has 23 heavy (non-hydrogen) atoms. The summed E-state index contributed by atoms with van der Waals surface area (Å²) < 4.78 is 29.9. The Bertz CT molecular complexity index is 662. The number of benzene rings is 1. The van der Waals surface area contributed by atoms with Gasteiger partial charge in [-0.15, -0.1) is 0 Å². The minimum atomic E-state index is -3.43. The second-order valence-corrected chi connectivity index (χ2v) is 7.69. The molecule has 0 aliphatic rings. The summed E-state index contributed by atoms with van der Waals surface area (Å²) in [4.78, 5) is 12.2. The number of sulfonamides is 1. The zero-order valence-corrected chi connectivity index (χ0v) is 15.4. The molecule has 0 aromatic heterocycles. The Morgan fingerprint density at radius 2 is 2.04 bits per heavy atom. The molecule has 1 rings (SSSR count). The molecule has 0 spiro atoms. The number of methoxy groups -OCH3 is 1. The third-order valence-electron chi connectivity index (χ3n) is 3.30. The number of nitrogens with zero attached hydrogens (tertiary/aromatic N) is 1. The summed E-state index contributed by atoms with van der Waals surface area (Å²) in [5, 5.41) is 3.21. The van der Waals surface area contributed by atoms with Crippen LogP contribution in [-0.4, -0.2) is 45.1 Å². The number of rotatable bonds is 8. The largest absolute Gasteiger partial charge is 0.495 e. The van der Waals surface area contributed by atoms with Gasteiger partial charge in [-0.3, -0.25) is 4.79 Å². The van der Waals surface area contributed by atoms with Crippen LogP contribution in [0, 0.1) is 6.92 Å². The Morgan fingerprint density at radius 3 is 2.57 bits per heavy atom. The highest BCUT2D eigenvalue weighted by molar-refractivity contribution is 7.88. The van der Waals surface area contributed by atoms with Gasteiger partial charge in [0.1, 0.15) is 5.75 Å². The fourth-order valence-electron chi connectivity index (χ4n) is 1.98. The van der Waals surface area contributed by atoms with Crippen molar-refractivity contribution in [3.8, 4) is 5.75 Å². The van der Waals surface area contributed by atoms with E-state index in [0.29, 0.717) is 29.4 Å². The molecule has 0 heterocycles. The summed E-state index contributed by atoms with van der Waals surface area (Å²) in [6, 6.07) is 3.30. The van der Waals surface area contributed by atoms with Gasteiger partial charge in [0.25, 0.3) is 0 Å². The van der Waals surface area contributed by atoms with E-state index < -0.39 is 15.9 Å². The lowest BCUT2D eigenvalue weighted by Crippen LogP contribution is -2.38. The molecule has 130 valence electrons. The number of carbonyl (C=O) groups excluding carboxylic acids is 1. The Balaban J connectivity index is 2.88. The van der Waals surface area contributed by atoms with Crippen molar-refractivity contribution in [1.82, 2.24) is 4.31 Å². The van der Waals surface area contributed by atoms with Crippen LogP contribution in [-0.2, 0) is 14.8 Å². The molecule has 0 fully saturated rings. The van der Waals surface area contributed by atoms with Crippen LogP contribution >= 0.6 is 11.6 Å². The molecule has 0 bridgehead atoms. The number of ether oxygens (including phenoxy) is 1. The summed E-state index contributed by atoms with van der Waals surface area (Å²) in [6.45, 7) is 3.85. The van der Waals surface area contributed by atoms with Gasteiger partial charge in [0.05, 0.1) is 25.6 Å². The van der Waals surface area contributed by atoms with Gasteiger partial charge in [0.15, 0.2) is 0 Å². The molecule has 0 aliphatic carbocycles. The van der Waals surface area contributed by atoms with Gasteiger partial charge < -0.3 is 10.1 Å². The van der Waals surface area contributed by atoms with Gasteiger partial charge in [-0.25, -0.2) is 8.42 Å². The van der Waals surface area contributed by atoms with Crippen molar-refractivity contribution >= 4 is 33.2 Å². The van der Waals surface area contributed by atoms with E-state index in [1.807, 2.05) is 13.8 Å². The topological polar surface area (TPSA) is 75.7 Å². The van der Waals surface area contributed by atoms with Crippen LogP contribution in [0.15, 0.2) is 12.1 Å². The molecule has 8 heteroatoms. The van der Waals surface area contributed by atoms with Crippen LogP contribution in [0.25, 0.3) is 0 Å². The Kier molecular flexibility index (Phi) is 7.31. The van der Waals surface area contributed by atoms with Gasteiger partial charge >= 0.3 is 0 Å². The molecule has 1 amide bonds. The average molecular weight is 363 g/mol. The molecule has 0 aliphatic heterocycles. The van der Waals surface area contributed by atoms with Gasteiger partial charge in [0, 0.05) is 17.6 Å². The minimum Gasteiger partial charge on any atom is -0.495 e. The van der Waals surface area contributed by atoms with Crippen molar-refractivity contribution in [3.05, 3.63) is 22.7 Å². The smallest absolute Gasteiger partial charge is 0.239 e. The molecule has 0 radical (unpaired) electrons. The second-order valence-electron chi connectivity index (χ2n) is 5.30. The first-order valence-electron chi connectivity index (χ1n) is 7.28. The monoisotopic (exact) mass is 362 g/mol. The van der Waals surface area contributed by atoms with E-state index in [-0.39, 0.29) is 6.54 Å².